The molecule has 2 N–H and O–H groups in total. The first-order valence-electron chi connectivity index (χ1n) is 5.20. The fraction of sp³-hybridized carbons (Fsp3) is 0.333. The molecule has 5 heteroatoms. The SMILES string of the molecule is CC(C)(C=NO)N(Cc1ccccc1)C(=O)O. The van der Waals surface area contributed by atoms with Crippen LogP contribution in [0.3, 0.4) is 0 Å². The van der Waals surface area contributed by atoms with Crippen molar-refractivity contribution in [2.24, 2.45) is 5.16 Å². The molecular weight excluding hydrogens is 220 g/mol. The van der Waals surface area contributed by atoms with E-state index in [2.05, 4.69) is 5.16 Å². The van der Waals surface area contributed by atoms with Crippen LogP contribution in [0.5, 0.6) is 0 Å². The quantitative estimate of drug-likeness (QED) is 0.479. The molecule has 0 aliphatic carbocycles. The van der Waals surface area contributed by atoms with Crippen molar-refractivity contribution in [1.82, 2.24) is 4.90 Å². The van der Waals surface area contributed by atoms with Crippen molar-refractivity contribution in [2.75, 3.05) is 0 Å². The van der Waals surface area contributed by atoms with Gasteiger partial charge in [0, 0.05) is 6.54 Å². The first-order valence-corrected chi connectivity index (χ1v) is 5.20. The number of hydrogen-bond acceptors (Lipinski definition) is 3. The van der Waals surface area contributed by atoms with Gasteiger partial charge in [-0.15, -0.1) is 0 Å². The van der Waals surface area contributed by atoms with Crippen LogP contribution < -0.4 is 0 Å². The normalized spacial score (nSPS) is 11.6. The Morgan fingerprint density at radius 3 is 2.47 bits per heavy atom. The van der Waals surface area contributed by atoms with Gasteiger partial charge >= 0.3 is 6.09 Å². The highest BCUT2D eigenvalue weighted by Gasteiger charge is 2.29. The maximum absolute atomic E-state index is 11.2. The Balaban J connectivity index is 2.92. The predicted octanol–water partition coefficient (Wildman–Crippen LogP) is 2.41. The first-order chi connectivity index (χ1) is 7.97. The lowest BCUT2D eigenvalue weighted by Gasteiger charge is -2.32. The van der Waals surface area contributed by atoms with Gasteiger partial charge in [-0.3, -0.25) is 4.90 Å². The van der Waals surface area contributed by atoms with Gasteiger partial charge in [0.15, 0.2) is 0 Å². The Labute approximate surface area is 100.0 Å². The van der Waals surface area contributed by atoms with E-state index in [1.54, 1.807) is 13.8 Å². The van der Waals surface area contributed by atoms with E-state index in [-0.39, 0.29) is 6.54 Å². The molecule has 1 rings (SSSR count). The molecule has 1 aromatic carbocycles. The molecule has 0 aliphatic heterocycles. The largest absolute Gasteiger partial charge is 0.465 e. The topological polar surface area (TPSA) is 73.1 Å². The third-order valence-electron chi connectivity index (χ3n) is 2.48. The molecule has 0 spiro atoms. The predicted molar refractivity (Wildman–Crippen MR) is 64.4 cm³/mol. The van der Waals surface area contributed by atoms with E-state index in [9.17, 15) is 9.90 Å². The lowest BCUT2D eigenvalue weighted by molar-refractivity contribution is 0.113. The second-order valence-corrected chi connectivity index (χ2v) is 4.25. The van der Waals surface area contributed by atoms with Crippen molar-refractivity contribution >= 4 is 12.3 Å². The van der Waals surface area contributed by atoms with Crippen molar-refractivity contribution in [2.45, 2.75) is 25.9 Å². The smallest absolute Gasteiger partial charge is 0.408 e. The molecule has 0 saturated carbocycles. The van der Waals surface area contributed by atoms with E-state index >= 15 is 0 Å². The van der Waals surface area contributed by atoms with Crippen LogP contribution in [0.1, 0.15) is 19.4 Å². The van der Waals surface area contributed by atoms with Crippen molar-refractivity contribution in [1.29, 1.82) is 0 Å². The molecule has 1 aromatic rings. The molecule has 0 atom stereocenters. The van der Waals surface area contributed by atoms with Crippen molar-refractivity contribution in [3.8, 4) is 0 Å². The van der Waals surface area contributed by atoms with Crippen LogP contribution >= 0.6 is 0 Å². The average Bonchev–Trinajstić information content (AvgIpc) is 2.26. The zero-order valence-corrected chi connectivity index (χ0v) is 9.87. The molecule has 0 fully saturated rings. The van der Waals surface area contributed by atoms with E-state index in [1.807, 2.05) is 30.3 Å². The molecule has 1 amide bonds. The molecule has 0 bridgehead atoms. The zero-order valence-electron chi connectivity index (χ0n) is 9.87. The number of nitrogens with zero attached hydrogens (tertiary/aromatic N) is 2. The van der Waals surface area contributed by atoms with Crippen LogP contribution in [-0.2, 0) is 6.54 Å². The summed E-state index contributed by atoms with van der Waals surface area (Å²) in [5.74, 6) is 0. The van der Waals surface area contributed by atoms with Crippen LogP contribution in [0.25, 0.3) is 0 Å². The number of hydrogen-bond donors (Lipinski definition) is 2. The fourth-order valence-electron chi connectivity index (χ4n) is 1.49. The van der Waals surface area contributed by atoms with E-state index in [0.29, 0.717) is 0 Å². The monoisotopic (exact) mass is 236 g/mol. The first kappa shape index (κ1) is 13.0. The van der Waals surface area contributed by atoms with Crippen LogP contribution in [0, 0.1) is 0 Å². The Bertz CT molecular complexity index is 401. The molecule has 0 saturated heterocycles. The highest BCUT2D eigenvalue weighted by atomic mass is 16.4. The van der Waals surface area contributed by atoms with Crippen LogP contribution in [0.2, 0.25) is 0 Å². The van der Waals surface area contributed by atoms with Gasteiger partial charge in [0.1, 0.15) is 0 Å². The number of amides is 1. The average molecular weight is 236 g/mol. The second kappa shape index (κ2) is 5.34. The Kier molecular flexibility index (Phi) is 4.09. The van der Waals surface area contributed by atoms with Crippen LogP contribution in [0.4, 0.5) is 4.79 Å². The van der Waals surface area contributed by atoms with Crippen LogP contribution in [0.15, 0.2) is 35.5 Å². The molecular formula is C12H16N2O3. The minimum Gasteiger partial charge on any atom is -0.465 e. The van der Waals surface area contributed by atoms with Crippen molar-refractivity contribution < 1.29 is 15.1 Å². The summed E-state index contributed by atoms with van der Waals surface area (Å²) in [5, 5.41) is 20.7. The van der Waals surface area contributed by atoms with Gasteiger partial charge in [-0.1, -0.05) is 35.5 Å². The van der Waals surface area contributed by atoms with Crippen molar-refractivity contribution in [3.63, 3.8) is 0 Å². The highest BCUT2D eigenvalue weighted by molar-refractivity contribution is 5.77. The Morgan fingerprint density at radius 2 is 2.00 bits per heavy atom. The number of oxime groups is 1. The van der Waals surface area contributed by atoms with E-state index < -0.39 is 11.6 Å². The lowest BCUT2D eigenvalue weighted by Crippen LogP contribution is -2.47. The molecule has 17 heavy (non-hydrogen) atoms. The summed E-state index contributed by atoms with van der Waals surface area (Å²) in [7, 11) is 0. The number of benzene rings is 1. The standard InChI is InChI=1S/C12H16N2O3/c1-12(2,9-13-17)14(11(15)16)8-10-6-4-3-5-7-10/h3-7,9,17H,8H2,1-2H3,(H,15,16). The molecule has 0 unspecified atom stereocenters. The van der Waals surface area contributed by atoms with Crippen LogP contribution in [-0.4, -0.2) is 33.1 Å². The molecule has 0 aromatic heterocycles. The number of carbonyl (C=O) groups is 1. The summed E-state index contributed by atoms with van der Waals surface area (Å²) >= 11 is 0. The van der Waals surface area contributed by atoms with Gasteiger partial charge in [0.2, 0.25) is 0 Å². The van der Waals surface area contributed by atoms with Gasteiger partial charge < -0.3 is 10.3 Å². The number of rotatable bonds is 4. The third kappa shape index (κ3) is 3.48. The molecule has 0 heterocycles. The van der Waals surface area contributed by atoms with Gasteiger partial charge in [0.25, 0.3) is 0 Å². The van der Waals surface area contributed by atoms with Gasteiger partial charge in [0.05, 0.1) is 11.8 Å². The molecule has 5 nitrogen and oxygen atoms in total. The fourth-order valence-corrected chi connectivity index (χ4v) is 1.49. The summed E-state index contributed by atoms with van der Waals surface area (Å²) in [6.45, 7) is 3.59. The summed E-state index contributed by atoms with van der Waals surface area (Å²) in [6.07, 6.45) is 0.142. The summed E-state index contributed by atoms with van der Waals surface area (Å²) < 4.78 is 0. The van der Waals surface area contributed by atoms with E-state index in [0.717, 1.165) is 5.56 Å². The van der Waals surface area contributed by atoms with Gasteiger partial charge in [-0.05, 0) is 19.4 Å². The maximum Gasteiger partial charge on any atom is 0.408 e. The van der Waals surface area contributed by atoms with Gasteiger partial charge in [-0.2, -0.15) is 0 Å². The number of carboxylic acid groups (broad SMARTS) is 1. The van der Waals surface area contributed by atoms with Crippen molar-refractivity contribution in [3.05, 3.63) is 35.9 Å². The zero-order chi connectivity index (χ0) is 12.9. The van der Waals surface area contributed by atoms with E-state index in [1.165, 1.54) is 11.1 Å². The summed E-state index contributed by atoms with van der Waals surface area (Å²) in [5.41, 5.74) is 0.0190. The third-order valence-corrected chi connectivity index (χ3v) is 2.48. The molecule has 0 radical (unpaired) electrons. The summed E-state index contributed by atoms with van der Waals surface area (Å²) in [6, 6.07) is 9.27. The molecule has 92 valence electrons. The molecule has 0 aliphatic rings. The Morgan fingerprint density at radius 1 is 1.41 bits per heavy atom. The summed E-state index contributed by atoms with van der Waals surface area (Å²) in [4.78, 5) is 12.4. The minimum absolute atomic E-state index is 0.245. The lowest BCUT2D eigenvalue weighted by atomic mass is 10.0. The van der Waals surface area contributed by atoms with E-state index in [4.69, 9.17) is 5.21 Å². The highest BCUT2D eigenvalue weighted by Crippen LogP contribution is 2.16. The second-order valence-electron chi connectivity index (χ2n) is 4.25. The maximum atomic E-state index is 11.2. The van der Waals surface area contributed by atoms with Gasteiger partial charge in [-0.25, -0.2) is 4.79 Å². The minimum atomic E-state index is -1.06. The Hall–Kier alpha value is -2.04.